The number of carbonyl (C=O) groups is 2. The van der Waals surface area contributed by atoms with Gasteiger partial charge >= 0.3 is 5.97 Å². The van der Waals surface area contributed by atoms with Crippen molar-refractivity contribution in [3.63, 3.8) is 0 Å². The van der Waals surface area contributed by atoms with E-state index in [1.807, 2.05) is 48.5 Å². The topological polar surface area (TPSA) is 49.9 Å². The molecule has 0 radical (unpaired) electrons. The van der Waals surface area contributed by atoms with E-state index in [4.69, 9.17) is 4.74 Å². The molecule has 0 unspecified atom stereocenters. The Hall–Kier alpha value is -2.66. The average Bonchev–Trinajstić information content (AvgIpc) is 3.19. The molecule has 0 atom stereocenters. The van der Waals surface area contributed by atoms with Gasteiger partial charge < -0.3 is 9.64 Å². The molecule has 0 saturated carbocycles. The van der Waals surface area contributed by atoms with Gasteiger partial charge in [-0.3, -0.25) is 14.5 Å². The lowest BCUT2D eigenvalue weighted by Gasteiger charge is -2.37. The monoisotopic (exact) mass is 378 g/mol. The maximum absolute atomic E-state index is 12.7. The standard InChI is InChI=1S/C23H26N2O3/c26-22(20-10-6-9-19(13-20)14-24-11-4-5-12-24)25-15-21(16-25)23(27)28-17-18-7-2-1-3-8-18/h1-3,6-10,13,21H,4-5,11-12,14-17H2. The highest BCUT2D eigenvalue weighted by molar-refractivity contribution is 5.95. The van der Waals surface area contributed by atoms with Crippen LogP contribution in [0.15, 0.2) is 54.6 Å². The van der Waals surface area contributed by atoms with Crippen molar-refractivity contribution in [3.05, 3.63) is 71.3 Å². The average molecular weight is 378 g/mol. The van der Waals surface area contributed by atoms with Crippen LogP contribution in [0.2, 0.25) is 0 Å². The molecule has 146 valence electrons. The zero-order chi connectivity index (χ0) is 19.3. The minimum Gasteiger partial charge on any atom is -0.460 e. The van der Waals surface area contributed by atoms with Crippen molar-refractivity contribution in [1.29, 1.82) is 0 Å². The number of rotatable bonds is 6. The first-order chi connectivity index (χ1) is 13.7. The molecule has 5 nitrogen and oxygen atoms in total. The largest absolute Gasteiger partial charge is 0.460 e. The van der Waals surface area contributed by atoms with Crippen LogP contribution in [0.1, 0.15) is 34.3 Å². The van der Waals surface area contributed by atoms with Gasteiger partial charge in [0.25, 0.3) is 5.91 Å². The second kappa shape index (κ2) is 8.57. The van der Waals surface area contributed by atoms with Crippen LogP contribution in [-0.2, 0) is 22.7 Å². The molecule has 1 amide bonds. The summed E-state index contributed by atoms with van der Waals surface area (Å²) in [7, 11) is 0. The van der Waals surface area contributed by atoms with Crippen LogP contribution in [0.4, 0.5) is 0 Å². The number of benzene rings is 2. The summed E-state index contributed by atoms with van der Waals surface area (Å²) in [6.07, 6.45) is 2.52. The molecule has 2 aliphatic heterocycles. The molecule has 2 aliphatic rings. The number of likely N-dealkylation sites (tertiary alicyclic amines) is 2. The number of amides is 1. The normalized spacial score (nSPS) is 17.4. The molecule has 0 bridgehead atoms. The Morgan fingerprint density at radius 2 is 1.64 bits per heavy atom. The third-order valence-electron chi connectivity index (χ3n) is 5.50. The Kier molecular flexibility index (Phi) is 5.72. The molecular formula is C23H26N2O3. The van der Waals surface area contributed by atoms with E-state index in [1.165, 1.54) is 18.4 Å². The molecule has 2 heterocycles. The Bertz CT molecular complexity index is 825. The van der Waals surface area contributed by atoms with Crippen molar-refractivity contribution in [3.8, 4) is 0 Å². The predicted octanol–water partition coefficient (Wildman–Crippen LogP) is 3.10. The maximum Gasteiger partial charge on any atom is 0.312 e. The van der Waals surface area contributed by atoms with Gasteiger partial charge in [0.1, 0.15) is 6.61 Å². The number of esters is 1. The highest BCUT2D eigenvalue weighted by Crippen LogP contribution is 2.22. The van der Waals surface area contributed by atoms with E-state index >= 15 is 0 Å². The zero-order valence-electron chi connectivity index (χ0n) is 16.0. The lowest BCUT2D eigenvalue weighted by molar-refractivity contribution is -0.154. The molecule has 0 N–H and O–H groups in total. The van der Waals surface area contributed by atoms with Gasteiger partial charge in [0.2, 0.25) is 0 Å². The van der Waals surface area contributed by atoms with Gasteiger partial charge in [0.05, 0.1) is 5.92 Å². The first kappa shape index (κ1) is 18.7. The summed E-state index contributed by atoms with van der Waals surface area (Å²) in [5.41, 5.74) is 2.85. The summed E-state index contributed by atoms with van der Waals surface area (Å²) < 4.78 is 5.38. The zero-order valence-corrected chi connectivity index (χ0v) is 16.0. The number of carbonyl (C=O) groups excluding carboxylic acids is 2. The molecule has 0 aliphatic carbocycles. The fourth-order valence-electron chi connectivity index (χ4n) is 3.82. The van der Waals surface area contributed by atoms with Crippen molar-refractivity contribution < 1.29 is 14.3 Å². The first-order valence-corrected chi connectivity index (χ1v) is 10.0. The van der Waals surface area contributed by atoms with Crippen LogP contribution in [0.5, 0.6) is 0 Å². The SMILES string of the molecule is O=C(OCc1ccccc1)C1CN(C(=O)c2cccc(CN3CCCC3)c2)C1. The fraction of sp³-hybridized carbons (Fsp3) is 0.391. The second-order valence-corrected chi connectivity index (χ2v) is 7.68. The van der Waals surface area contributed by atoms with Gasteiger partial charge in [0, 0.05) is 25.2 Å². The van der Waals surface area contributed by atoms with Crippen molar-refractivity contribution in [2.75, 3.05) is 26.2 Å². The minimum atomic E-state index is -0.226. The number of nitrogens with zero attached hydrogens (tertiary/aromatic N) is 2. The van der Waals surface area contributed by atoms with Gasteiger partial charge in [-0.15, -0.1) is 0 Å². The molecule has 0 spiro atoms. The summed E-state index contributed by atoms with van der Waals surface area (Å²) in [4.78, 5) is 29.1. The maximum atomic E-state index is 12.7. The van der Waals surface area contributed by atoms with Crippen LogP contribution in [0, 0.1) is 5.92 Å². The Morgan fingerprint density at radius 1 is 0.929 bits per heavy atom. The third kappa shape index (κ3) is 4.42. The van der Waals surface area contributed by atoms with Crippen molar-refractivity contribution in [2.24, 2.45) is 5.92 Å². The Morgan fingerprint density at radius 3 is 2.39 bits per heavy atom. The van der Waals surface area contributed by atoms with E-state index in [2.05, 4.69) is 11.0 Å². The van der Waals surface area contributed by atoms with Crippen molar-refractivity contribution in [1.82, 2.24) is 9.80 Å². The highest BCUT2D eigenvalue weighted by atomic mass is 16.5. The molecule has 4 rings (SSSR count). The smallest absolute Gasteiger partial charge is 0.312 e. The molecule has 2 fully saturated rings. The predicted molar refractivity (Wildman–Crippen MR) is 107 cm³/mol. The molecular weight excluding hydrogens is 352 g/mol. The summed E-state index contributed by atoms with van der Waals surface area (Å²) in [5, 5.41) is 0. The van der Waals surface area contributed by atoms with E-state index in [1.54, 1.807) is 4.90 Å². The summed E-state index contributed by atoms with van der Waals surface area (Å²) >= 11 is 0. The van der Waals surface area contributed by atoms with Gasteiger partial charge in [-0.05, 0) is 49.2 Å². The Labute approximate surface area is 165 Å². The second-order valence-electron chi connectivity index (χ2n) is 7.68. The molecule has 28 heavy (non-hydrogen) atoms. The van der Waals surface area contributed by atoms with Crippen LogP contribution in [0.25, 0.3) is 0 Å². The van der Waals surface area contributed by atoms with Crippen LogP contribution in [-0.4, -0.2) is 47.9 Å². The van der Waals surface area contributed by atoms with E-state index in [0.29, 0.717) is 18.7 Å². The van der Waals surface area contributed by atoms with E-state index in [-0.39, 0.29) is 24.4 Å². The van der Waals surface area contributed by atoms with Crippen molar-refractivity contribution >= 4 is 11.9 Å². The molecule has 2 aromatic carbocycles. The molecule has 5 heteroatoms. The van der Waals surface area contributed by atoms with E-state index < -0.39 is 0 Å². The van der Waals surface area contributed by atoms with Gasteiger partial charge in [0.15, 0.2) is 0 Å². The van der Waals surface area contributed by atoms with Gasteiger partial charge in [-0.25, -0.2) is 0 Å². The van der Waals surface area contributed by atoms with Crippen LogP contribution >= 0.6 is 0 Å². The van der Waals surface area contributed by atoms with E-state index in [9.17, 15) is 9.59 Å². The fourth-order valence-corrected chi connectivity index (χ4v) is 3.82. The summed E-state index contributed by atoms with van der Waals surface area (Å²) in [5.74, 6) is -0.452. The number of hydrogen-bond donors (Lipinski definition) is 0. The summed E-state index contributed by atoms with van der Waals surface area (Å²) in [6, 6.07) is 17.5. The number of ether oxygens (including phenoxy) is 1. The Balaban J connectivity index is 1.27. The third-order valence-corrected chi connectivity index (χ3v) is 5.50. The van der Waals surface area contributed by atoms with Crippen molar-refractivity contribution in [2.45, 2.75) is 26.0 Å². The summed E-state index contributed by atoms with van der Waals surface area (Å²) in [6.45, 7) is 4.32. The first-order valence-electron chi connectivity index (χ1n) is 10.0. The lowest BCUT2D eigenvalue weighted by atomic mass is 9.98. The van der Waals surface area contributed by atoms with Gasteiger partial charge in [-0.1, -0.05) is 42.5 Å². The lowest BCUT2D eigenvalue weighted by Crippen LogP contribution is -2.53. The van der Waals surface area contributed by atoms with E-state index in [0.717, 1.165) is 25.2 Å². The quantitative estimate of drug-likeness (QED) is 0.725. The molecule has 0 aromatic heterocycles. The minimum absolute atomic E-state index is 0.00428. The molecule has 2 saturated heterocycles. The van der Waals surface area contributed by atoms with Crippen LogP contribution < -0.4 is 0 Å². The van der Waals surface area contributed by atoms with Crippen LogP contribution in [0.3, 0.4) is 0 Å². The van der Waals surface area contributed by atoms with Gasteiger partial charge in [-0.2, -0.15) is 0 Å². The number of hydrogen-bond acceptors (Lipinski definition) is 4. The molecule has 2 aromatic rings. The highest BCUT2D eigenvalue weighted by Gasteiger charge is 2.37.